The summed E-state index contributed by atoms with van der Waals surface area (Å²) < 4.78 is 68.4. The minimum absolute atomic E-state index is 0.00714. The molecule has 0 aliphatic rings. The molecule has 0 aliphatic carbocycles. The van der Waals surface area contributed by atoms with E-state index in [-0.39, 0.29) is 25.7 Å². The average molecular weight is 1520 g/mol. The van der Waals surface area contributed by atoms with Gasteiger partial charge in [-0.3, -0.25) is 37.3 Å². The number of phosphoric ester groups is 2. The highest BCUT2D eigenvalue weighted by Crippen LogP contribution is 2.45. The number of carbonyl (C=O) groups is 4. The molecular formula is C87H140O17P2. The van der Waals surface area contributed by atoms with Crippen LogP contribution in [0.15, 0.2) is 182 Å². The number of hydrogen-bond acceptors (Lipinski definition) is 15. The topological polar surface area (TPSA) is 237 Å². The highest BCUT2D eigenvalue weighted by atomic mass is 31.2. The smallest absolute Gasteiger partial charge is 0.462 e. The van der Waals surface area contributed by atoms with Gasteiger partial charge in [0.1, 0.15) is 19.3 Å². The predicted molar refractivity (Wildman–Crippen MR) is 436 cm³/mol. The molecule has 0 fully saturated rings. The molecule has 5 unspecified atom stereocenters. The summed E-state index contributed by atoms with van der Waals surface area (Å²) in [7, 11) is -10.0. The van der Waals surface area contributed by atoms with Crippen LogP contribution in [-0.2, 0) is 65.4 Å². The third-order valence-electron chi connectivity index (χ3n) is 15.9. The van der Waals surface area contributed by atoms with Crippen LogP contribution in [0.4, 0.5) is 0 Å². The maximum Gasteiger partial charge on any atom is 0.472 e. The number of rotatable bonds is 73. The Morgan fingerprint density at radius 1 is 0.274 bits per heavy atom. The van der Waals surface area contributed by atoms with Crippen molar-refractivity contribution in [3.8, 4) is 0 Å². The summed E-state index contributed by atoms with van der Waals surface area (Å²) in [4.78, 5) is 73.0. The van der Waals surface area contributed by atoms with E-state index in [9.17, 15) is 43.2 Å². The molecule has 0 heterocycles. The third-order valence-corrected chi connectivity index (χ3v) is 17.8. The first-order chi connectivity index (χ1) is 51.7. The zero-order valence-corrected chi connectivity index (χ0v) is 67.3. The first-order valence-corrected chi connectivity index (χ1v) is 43.0. The summed E-state index contributed by atoms with van der Waals surface area (Å²) in [6, 6.07) is 0. The molecular weight excluding hydrogens is 1380 g/mol. The molecule has 0 aliphatic heterocycles. The Bertz CT molecular complexity index is 2730. The van der Waals surface area contributed by atoms with Crippen LogP contribution >= 0.6 is 15.6 Å². The molecule has 0 aromatic heterocycles. The van der Waals surface area contributed by atoms with Gasteiger partial charge in [-0.25, -0.2) is 9.13 Å². The van der Waals surface area contributed by atoms with Crippen LogP contribution in [0.1, 0.15) is 285 Å². The normalized spacial score (nSPS) is 14.8. The van der Waals surface area contributed by atoms with E-state index in [4.69, 9.17) is 37.0 Å². The number of ether oxygens (including phenoxy) is 4. The van der Waals surface area contributed by atoms with Crippen molar-refractivity contribution in [3.05, 3.63) is 182 Å². The van der Waals surface area contributed by atoms with Gasteiger partial charge in [-0.1, -0.05) is 300 Å². The van der Waals surface area contributed by atoms with Gasteiger partial charge < -0.3 is 33.8 Å². The highest BCUT2D eigenvalue weighted by molar-refractivity contribution is 7.47. The monoisotopic (exact) mass is 1520 g/mol. The number of allylic oxidation sites excluding steroid dienone is 30. The Morgan fingerprint density at radius 2 is 0.519 bits per heavy atom. The number of aliphatic hydroxyl groups is 1. The number of unbranched alkanes of at least 4 members (excludes halogenated alkanes) is 17. The van der Waals surface area contributed by atoms with Crippen molar-refractivity contribution in [3.63, 3.8) is 0 Å². The molecule has 0 saturated carbocycles. The van der Waals surface area contributed by atoms with E-state index in [0.717, 1.165) is 128 Å². The molecule has 19 heteroatoms. The Morgan fingerprint density at radius 3 is 0.849 bits per heavy atom. The molecule has 106 heavy (non-hydrogen) atoms. The molecule has 0 rings (SSSR count). The van der Waals surface area contributed by atoms with E-state index >= 15 is 0 Å². The summed E-state index contributed by atoms with van der Waals surface area (Å²) in [6.07, 6.45) is 93.3. The average Bonchev–Trinajstić information content (AvgIpc) is 0.902. The standard InChI is InChI=1S/C87H140O17P2/c1-5-9-13-17-21-25-29-33-37-39-40-42-45-48-52-56-60-64-68-72-85(90)98-78-83(104-87(92)74-70-66-62-58-54-50-46-41-38-34-30-26-22-18-14-10-6-2)80-102-106(95,96)100-76-81(88)75-99-105(93,94)101-79-82(103-86(91)73-69-65-61-57-53-49-44-36-32-28-24-20-16-12-8-4)77-97-84(89)71-67-63-59-55-51-47-43-35-31-27-23-19-15-11-7-3/h9-11,13-15,21-23,25-27,33-35,37-38,40,42-43,46,48,50-52,55,58,60,62,64,81-83,88H,5-8,12,16-20,24,28-32,36,39,41,44-45,47,49,53-54,56-57,59,61,63,65-80H2,1-4H3,(H,93,94)(H,95,96)/b13-9-,14-10-,15-11-,25-21-,26-22-,27-23-,37-33-,38-34-,42-40-,43-35-,50-46-,52-48-,55-51-,62-58-,64-60-. The molecule has 0 amide bonds. The van der Waals surface area contributed by atoms with Gasteiger partial charge in [0.2, 0.25) is 0 Å². The molecule has 600 valence electrons. The summed E-state index contributed by atoms with van der Waals surface area (Å²) in [5.74, 6) is -2.40. The van der Waals surface area contributed by atoms with E-state index in [0.29, 0.717) is 38.5 Å². The second-order valence-electron chi connectivity index (χ2n) is 25.9. The number of esters is 4. The van der Waals surface area contributed by atoms with E-state index in [1.54, 1.807) is 0 Å². The van der Waals surface area contributed by atoms with Crippen molar-refractivity contribution < 1.29 is 80.2 Å². The van der Waals surface area contributed by atoms with Gasteiger partial charge in [0, 0.05) is 25.7 Å². The van der Waals surface area contributed by atoms with Crippen LogP contribution in [0.3, 0.4) is 0 Å². The maximum absolute atomic E-state index is 13.1. The van der Waals surface area contributed by atoms with Crippen LogP contribution in [0.5, 0.6) is 0 Å². The second kappa shape index (κ2) is 77.3. The lowest BCUT2D eigenvalue weighted by molar-refractivity contribution is -0.161. The van der Waals surface area contributed by atoms with Gasteiger partial charge in [0.05, 0.1) is 26.4 Å². The van der Waals surface area contributed by atoms with Crippen molar-refractivity contribution in [2.75, 3.05) is 39.6 Å². The fourth-order valence-electron chi connectivity index (χ4n) is 9.92. The minimum Gasteiger partial charge on any atom is -0.462 e. The van der Waals surface area contributed by atoms with Gasteiger partial charge in [0.25, 0.3) is 0 Å². The Balaban J connectivity index is 5.53. The van der Waals surface area contributed by atoms with Gasteiger partial charge in [0.15, 0.2) is 12.2 Å². The van der Waals surface area contributed by atoms with Crippen LogP contribution in [0, 0.1) is 0 Å². The summed E-state index contributed by atoms with van der Waals surface area (Å²) in [6.45, 7) is 4.32. The van der Waals surface area contributed by atoms with Crippen molar-refractivity contribution in [2.45, 2.75) is 303 Å². The van der Waals surface area contributed by atoms with Crippen LogP contribution in [0.2, 0.25) is 0 Å². The van der Waals surface area contributed by atoms with Gasteiger partial charge >= 0.3 is 39.5 Å². The Hall–Kier alpha value is -5.84. The van der Waals surface area contributed by atoms with Gasteiger partial charge in [-0.05, 0) is 141 Å². The quantitative estimate of drug-likeness (QED) is 0.0169. The summed E-state index contributed by atoms with van der Waals surface area (Å²) >= 11 is 0. The lowest BCUT2D eigenvalue weighted by Gasteiger charge is -2.21. The third kappa shape index (κ3) is 76.4. The van der Waals surface area contributed by atoms with Crippen molar-refractivity contribution in [1.29, 1.82) is 0 Å². The molecule has 0 spiro atoms. The molecule has 0 saturated heterocycles. The Kier molecular flexibility index (Phi) is 73.1. The van der Waals surface area contributed by atoms with E-state index < -0.39 is 97.5 Å². The first kappa shape index (κ1) is 100. The second-order valence-corrected chi connectivity index (χ2v) is 28.8. The molecule has 3 N–H and O–H groups in total. The Labute approximate surface area is 641 Å². The molecule has 17 nitrogen and oxygen atoms in total. The molecule has 5 atom stereocenters. The first-order valence-electron chi connectivity index (χ1n) is 40.0. The van der Waals surface area contributed by atoms with Crippen molar-refractivity contribution >= 4 is 39.5 Å². The number of hydrogen-bond donors (Lipinski definition) is 3. The number of aliphatic hydroxyl groups excluding tert-OH is 1. The SMILES string of the molecule is CC/C=C\C/C=C\C/C=C\C/C=C\C/C=C\C/C=C\CCC(=O)OCC(COP(=O)(O)OCC(O)COP(=O)(O)OCC(COC(=O)CCCC/C=C\C/C=C\C/C=C\C/C=C\CC)OC(=O)CCCCCCCCCCCCCCCCC)OC(=O)CCC/C=C\C/C=C\C/C=C\C/C=C\C/C=C\CC. The predicted octanol–water partition coefficient (Wildman–Crippen LogP) is 23.6. The van der Waals surface area contributed by atoms with Crippen LogP contribution in [0.25, 0.3) is 0 Å². The van der Waals surface area contributed by atoms with E-state index in [2.05, 4.69) is 180 Å². The minimum atomic E-state index is -5.02. The highest BCUT2D eigenvalue weighted by Gasteiger charge is 2.30. The number of phosphoric acid groups is 2. The largest absolute Gasteiger partial charge is 0.472 e. The summed E-state index contributed by atoms with van der Waals surface area (Å²) in [5.41, 5.74) is 0. The van der Waals surface area contributed by atoms with E-state index in [1.807, 2.05) is 30.4 Å². The van der Waals surface area contributed by atoms with Crippen LogP contribution < -0.4 is 0 Å². The molecule has 0 aromatic rings. The zero-order chi connectivity index (χ0) is 77.4. The van der Waals surface area contributed by atoms with Gasteiger partial charge in [-0.2, -0.15) is 0 Å². The van der Waals surface area contributed by atoms with Gasteiger partial charge in [-0.15, -0.1) is 0 Å². The maximum atomic E-state index is 13.1. The molecule has 0 bridgehead atoms. The lowest BCUT2D eigenvalue weighted by atomic mass is 10.0. The van der Waals surface area contributed by atoms with Crippen LogP contribution in [-0.4, -0.2) is 96.7 Å². The fourth-order valence-corrected chi connectivity index (χ4v) is 11.5. The molecule has 0 aromatic carbocycles. The van der Waals surface area contributed by atoms with Crippen molar-refractivity contribution in [1.82, 2.24) is 0 Å². The zero-order valence-electron chi connectivity index (χ0n) is 65.5. The fraction of sp³-hybridized carbons (Fsp3) is 0.609. The van der Waals surface area contributed by atoms with E-state index in [1.165, 1.54) is 64.2 Å². The summed E-state index contributed by atoms with van der Waals surface area (Å²) in [5, 5.41) is 10.6. The lowest BCUT2D eigenvalue weighted by Crippen LogP contribution is -2.30. The number of carbonyl (C=O) groups excluding carboxylic acids is 4. The molecule has 0 radical (unpaired) electrons. The van der Waals surface area contributed by atoms with Crippen molar-refractivity contribution in [2.24, 2.45) is 0 Å².